The minimum Gasteiger partial charge on any atom is -0.479 e. The molecule has 1 atom stereocenters. The summed E-state index contributed by atoms with van der Waals surface area (Å²) in [5.41, 5.74) is 0.136. The van der Waals surface area contributed by atoms with Crippen molar-refractivity contribution in [2.24, 2.45) is 0 Å². The van der Waals surface area contributed by atoms with Crippen molar-refractivity contribution in [2.45, 2.75) is 19.3 Å². The average Bonchev–Trinajstić information content (AvgIpc) is 2.24. The number of alkyl halides is 3. The quantitative estimate of drug-likeness (QED) is 0.880. The van der Waals surface area contributed by atoms with Gasteiger partial charge in [-0.1, -0.05) is 12.1 Å². The van der Waals surface area contributed by atoms with Gasteiger partial charge in [-0.25, -0.2) is 4.79 Å². The van der Waals surface area contributed by atoms with Crippen LogP contribution < -0.4 is 10.1 Å². The summed E-state index contributed by atoms with van der Waals surface area (Å²) in [4.78, 5) is 21.8. The number of halogens is 3. The smallest absolute Gasteiger partial charge is 0.479 e. The number of carboxylic acid groups (broad SMARTS) is 1. The third-order valence-corrected chi connectivity index (χ3v) is 2.04. The van der Waals surface area contributed by atoms with Crippen molar-refractivity contribution >= 4 is 11.9 Å². The predicted octanol–water partition coefficient (Wildman–Crippen LogP) is 1.85. The van der Waals surface area contributed by atoms with Gasteiger partial charge in [-0.2, -0.15) is 0 Å². The third-order valence-electron chi connectivity index (χ3n) is 2.04. The fourth-order valence-corrected chi connectivity index (χ4v) is 1.35. The second-order valence-electron chi connectivity index (χ2n) is 3.59. The van der Waals surface area contributed by atoms with E-state index in [0.29, 0.717) is 0 Å². The van der Waals surface area contributed by atoms with Gasteiger partial charge in [-0.3, -0.25) is 4.79 Å². The summed E-state index contributed by atoms with van der Waals surface area (Å²) < 4.78 is 39.4. The Morgan fingerprint density at radius 1 is 1.26 bits per heavy atom. The SMILES string of the molecule is CC(=O)NC(C(=O)O)c1ccc(OC(F)(F)F)cc1. The lowest BCUT2D eigenvalue weighted by Gasteiger charge is -2.14. The molecule has 0 aromatic heterocycles. The maximum absolute atomic E-state index is 11.9. The van der Waals surface area contributed by atoms with Gasteiger partial charge < -0.3 is 15.2 Å². The molecule has 1 rings (SSSR count). The summed E-state index contributed by atoms with van der Waals surface area (Å²) in [5, 5.41) is 11.1. The Bertz CT molecular complexity index is 470. The van der Waals surface area contributed by atoms with Gasteiger partial charge in [0.2, 0.25) is 5.91 Å². The molecule has 1 aromatic carbocycles. The minimum absolute atomic E-state index is 0.136. The van der Waals surface area contributed by atoms with E-state index in [-0.39, 0.29) is 5.56 Å². The highest BCUT2D eigenvalue weighted by molar-refractivity contribution is 5.83. The summed E-state index contributed by atoms with van der Waals surface area (Å²) in [5.74, 6) is -2.36. The summed E-state index contributed by atoms with van der Waals surface area (Å²) in [6, 6.07) is 2.89. The van der Waals surface area contributed by atoms with Crippen molar-refractivity contribution in [3.8, 4) is 5.75 Å². The Balaban J connectivity index is 2.89. The number of carbonyl (C=O) groups excluding carboxylic acids is 1. The van der Waals surface area contributed by atoms with E-state index >= 15 is 0 Å². The molecule has 0 aliphatic rings. The normalized spacial score (nSPS) is 12.6. The lowest BCUT2D eigenvalue weighted by atomic mass is 10.1. The molecule has 0 spiro atoms. The van der Waals surface area contributed by atoms with Gasteiger partial charge in [0, 0.05) is 6.92 Å². The van der Waals surface area contributed by atoms with Crippen LogP contribution >= 0.6 is 0 Å². The monoisotopic (exact) mass is 277 g/mol. The number of ether oxygens (including phenoxy) is 1. The van der Waals surface area contributed by atoms with E-state index < -0.39 is 30.0 Å². The van der Waals surface area contributed by atoms with Gasteiger partial charge in [0.15, 0.2) is 6.04 Å². The van der Waals surface area contributed by atoms with E-state index in [1.54, 1.807) is 0 Å². The Hall–Kier alpha value is -2.25. The highest BCUT2D eigenvalue weighted by Gasteiger charge is 2.31. The summed E-state index contributed by atoms with van der Waals surface area (Å²) in [6.45, 7) is 1.14. The molecule has 0 fully saturated rings. The molecule has 2 N–H and O–H groups in total. The molecule has 104 valence electrons. The van der Waals surface area contributed by atoms with Crippen LogP contribution in [0.2, 0.25) is 0 Å². The van der Waals surface area contributed by atoms with Gasteiger partial charge in [0.25, 0.3) is 0 Å². The molecule has 1 amide bonds. The molecule has 1 unspecified atom stereocenters. The fourth-order valence-electron chi connectivity index (χ4n) is 1.35. The molecule has 0 aliphatic carbocycles. The van der Waals surface area contributed by atoms with Crippen molar-refractivity contribution in [1.29, 1.82) is 0 Å². The van der Waals surface area contributed by atoms with Crippen molar-refractivity contribution < 1.29 is 32.6 Å². The van der Waals surface area contributed by atoms with Gasteiger partial charge in [0.05, 0.1) is 0 Å². The zero-order valence-corrected chi connectivity index (χ0v) is 9.69. The first-order chi connectivity index (χ1) is 8.69. The highest BCUT2D eigenvalue weighted by atomic mass is 19.4. The number of hydrogen-bond donors (Lipinski definition) is 2. The zero-order valence-electron chi connectivity index (χ0n) is 9.69. The first-order valence-electron chi connectivity index (χ1n) is 5.04. The number of aliphatic carboxylic acids is 1. The molecular formula is C11H10F3NO4. The van der Waals surface area contributed by atoms with Crippen LogP contribution in [0.25, 0.3) is 0 Å². The van der Waals surface area contributed by atoms with Gasteiger partial charge in [-0.05, 0) is 17.7 Å². The van der Waals surface area contributed by atoms with E-state index in [2.05, 4.69) is 10.1 Å². The lowest BCUT2D eigenvalue weighted by molar-refractivity contribution is -0.274. The van der Waals surface area contributed by atoms with Gasteiger partial charge in [0.1, 0.15) is 5.75 Å². The molecule has 8 heteroatoms. The van der Waals surface area contributed by atoms with E-state index in [1.165, 1.54) is 0 Å². The van der Waals surface area contributed by atoms with E-state index in [9.17, 15) is 22.8 Å². The van der Waals surface area contributed by atoms with Crippen molar-refractivity contribution in [3.63, 3.8) is 0 Å². The number of benzene rings is 1. The van der Waals surface area contributed by atoms with Gasteiger partial charge in [-0.15, -0.1) is 13.2 Å². The Morgan fingerprint density at radius 2 is 1.79 bits per heavy atom. The van der Waals surface area contributed by atoms with Crippen LogP contribution in [0.15, 0.2) is 24.3 Å². The zero-order chi connectivity index (χ0) is 14.6. The van der Waals surface area contributed by atoms with Crippen LogP contribution in [0.4, 0.5) is 13.2 Å². The predicted molar refractivity (Wildman–Crippen MR) is 57.3 cm³/mol. The molecule has 0 heterocycles. The van der Waals surface area contributed by atoms with E-state index in [1.807, 2.05) is 0 Å². The van der Waals surface area contributed by atoms with E-state index in [0.717, 1.165) is 31.2 Å². The van der Waals surface area contributed by atoms with Crippen LogP contribution in [0.3, 0.4) is 0 Å². The van der Waals surface area contributed by atoms with Crippen LogP contribution in [0, 0.1) is 0 Å². The number of hydrogen-bond acceptors (Lipinski definition) is 3. The van der Waals surface area contributed by atoms with Crippen LogP contribution in [0.5, 0.6) is 5.75 Å². The molecule has 1 aromatic rings. The van der Waals surface area contributed by atoms with Crippen LogP contribution in [-0.2, 0) is 9.59 Å². The Labute approximate surface area is 106 Å². The Morgan fingerprint density at radius 3 is 2.16 bits per heavy atom. The molecule has 0 saturated heterocycles. The molecule has 0 saturated carbocycles. The number of carboxylic acids is 1. The third kappa shape index (κ3) is 4.86. The molecular weight excluding hydrogens is 267 g/mol. The number of carbonyl (C=O) groups is 2. The lowest BCUT2D eigenvalue weighted by Crippen LogP contribution is -2.31. The van der Waals surface area contributed by atoms with Crippen LogP contribution in [-0.4, -0.2) is 23.3 Å². The second-order valence-corrected chi connectivity index (χ2v) is 3.59. The van der Waals surface area contributed by atoms with Crippen LogP contribution in [0.1, 0.15) is 18.5 Å². The summed E-state index contributed by atoms with van der Waals surface area (Å²) in [6.07, 6.45) is -4.81. The highest BCUT2D eigenvalue weighted by Crippen LogP contribution is 2.24. The largest absolute Gasteiger partial charge is 0.573 e. The molecule has 19 heavy (non-hydrogen) atoms. The number of nitrogens with one attached hydrogen (secondary N) is 1. The number of amides is 1. The van der Waals surface area contributed by atoms with Gasteiger partial charge >= 0.3 is 12.3 Å². The molecule has 5 nitrogen and oxygen atoms in total. The average molecular weight is 277 g/mol. The Kier molecular flexibility index (Phi) is 4.36. The first-order valence-corrected chi connectivity index (χ1v) is 5.04. The maximum Gasteiger partial charge on any atom is 0.573 e. The first kappa shape index (κ1) is 14.8. The molecule has 0 aliphatic heterocycles. The number of rotatable bonds is 4. The van der Waals surface area contributed by atoms with E-state index in [4.69, 9.17) is 5.11 Å². The minimum atomic E-state index is -4.81. The van der Waals surface area contributed by atoms with Crippen molar-refractivity contribution in [1.82, 2.24) is 5.32 Å². The summed E-state index contributed by atoms with van der Waals surface area (Å²) >= 11 is 0. The molecule has 0 bridgehead atoms. The maximum atomic E-state index is 11.9. The molecule has 0 radical (unpaired) electrons. The van der Waals surface area contributed by atoms with Crippen molar-refractivity contribution in [3.05, 3.63) is 29.8 Å². The second kappa shape index (κ2) is 5.59. The van der Waals surface area contributed by atoms with Crippen molar-refractivity contribution in [2.75, 3.05) is 0 Å². The standard InChI is InChI=1S/C11H10F3NO4/c1-6(16)15-9(10(17)18)7-2-4-8(5-3-7)19-11(12,13)14/h2-5,9H,1H3,(H,15,16)(H,17,18). The topological polar surface area (TPSA) is 75.6 Å². The summed E-state index contributed by atoms with van der Waals surface area (Å²) in [7, 11) is 0. The fraction of sp³-hybridized carbons (Fsp3) is 0.273.